The summed E-state index contributed by atoms with van der Waals surface area (Å²) in [5.41, 5.74) is 3.56. The van der Waals surface area contributed by atoms with Gasteiger partial charge in [-0.3, -0.25) is 9.59 Å². The highest BCUT2D eigenvalue weighted by molar-refractivity contribution is 7.12. The maximum absolute atomic E-state index is 12.6. The molecule has 0 unspecified atom stereocenters. The molecule has 0 bridgehead atoms. The van der Waals surface area contributed by atoms with Crippen molar-refractivity contribution in [3.63, 3.8) is 0 Å². The first-order valence-corrected chi connectivity index (χ1v) is 8.79. The summed E-state index contributed by atoms with van der Waals surface area (Å²) < 4.78 is 0. The first kappa shape index (κ1) is 16.9. The van der Waals surface area contributed by atoms with Gasteiger partial charge in [-0.15, -0.1) is 11.3 Å². The molecule has 0 aliphatic carbocycles. The van der Waals surface area contributed by atoms with Gasteiger partial charge in [-0.05, 0) is 34.7 Å². The molecule has 126 valence electrons. The Hall–Kier alpha value is -2.92. The fraction of sp³-hybridized carbons (Fsp3) is 0.100. The van der Waals surface area contributed by atoms with Crippen molar-refractivity contribution in [1.82, 2.24) is 5.32 Å². The second kappa shape index (κ2) is 7.77. The second-order valence-corrected chi connectivity index (χ2v) is 6.45. The van der Waals surface area contributed by atoms with Crippen molar-refractivity contribution >= 4 is 28.8 Å². The molecule has 25 heavy (non-hydrogen) atoms. The van der Waals surface area contributed by atoms with Gasteiger partial charge in [0.1, 0.15) is 0 Å². The number of carbonyl (C=O) groups excluding carboxylic acids is 2. The van der Waals surface area contributed by atoms with Gasteiger partial charge >= 0.3 is 0 Å². The molecule has 0 radical (unpaired) electrons. The van der Waals surface area contributed by atoms with Crippen molar-refractivity contribution in [2.24, 2.45) is 0 Å². The van der Waals surface area contributed by atoms with Crippen LogP contribution in [0.2, 0.25) is 0 Å². The molecule has 2 amide bonds. The minimum Gasteiger partial charge on any atom is -0.359 e. The van der Waals surface area contributed by atoms with Gasteiger partial charge in [0.25, 0.3) is 5.91 Å². The summed E-state index contributed by atoms with van der Waals surface area (Å²) in [6.07, 6.45) is 0.327. The van der Waals surface area contributed by atoms with Gasteiger partial charge in [0, 0.05) is 18.3 Å². The minimum atomic E-state index is -0.132. The fourth-order valence-corrected chi connectivity index (χ4v) is 3.31. The van der Waals surface area contributed by atoms with Crippen molar-refractivity contribution < 1.29 is 9.59 Å². The summed E-state index contributed by atoms with van der Waals surface area (Å²) in [7, 11) is 1.61. The van der Waals surface area contributed by atoms with Crippen molar-refractivity contribution in [1.29, 1.82) is 0 Å². The number of rotatable bonds is 5. The number of hydrogen-bond donors (Lipinski definition) is 2. The van der Waals surface area contributed by atoms with Crippen LogP contribution in [0.3, 0.4) is 0 Å². The van der Waals surface area contributed by atoms with Crippen LogP contribution in [0.25, 0.3) is 11.1 Å². The molecular weight excluding hydrogens is 332 g/mol. The predicted octanol–water partition coefficient (Wildman–Crippen LogP) is 3.96. The molecule has 0 aliphatic heterocycles. The monoisotopic (exact) mass is 350 g/mol. The van der Waals surface area contributed by atoms with E-state index < -0.39 is 0 Å². The Kier molecular flexibility index (Phi) is 5.26. The lowest BCUT2D eigenvalue weighted by Crippen LogP contribution is -2.19. The molecule has 0 aliphatic rings. The van der Waals surface area contributed by atoms with Gasteiger partial charge in [-0.25, -0.2) is 0 Å². The van der Waals surface area contributed by atoms with Gasteiger partial charge in [0.2, 0.25) is 5.91 Å². The van der Waals surface area contributed by atoms with E-state index in [1.807, 2.05) is 66.0 Å². The summed E-state index contributed by atoms with van der Waals surface area (Å²) >= 11 is 1.42. The number of likely N-dealkylation sites (N-methyl/N-ethyl adjacent to an activating group) is 1. The molecule has 3 aromatic rings. The molecular formula is C20H18N2O2S. The molecule has 0 saturated carbocycles. The number of amides is 2. The van der Waals surface area contributed by atoms with Gasteiger partial charge in [0.05, 0.1) is 11.3 Å². The van der Waals surface area contributed by atoms with E-state index >= 15 is 0 Å². The van der Waals surface area contributed by atoms with Crippen molar-refractivity contribution in [2.45, 2.75) is 6.42 Å². The van der Waals surface area contributed by atoms with E-state index in [-0.39, 0.29) is 11.8 Å². The van der Waals surface area contributed by atoms with Crippen molar-refractivity contribution in [3.05, 3.63) is 76.5 Å². The predicted molar refractivity (Wildman–Crippen MR) is 102 cm³/mol. The Balaban J connectivity index is 1.73. The standard InChI is InChI=1S/C20H18N2O2S/c1-21-18(23)13-14-7-9-16(10-8-14)22-20(24)19-17(11-12-25-19)15-5-3-2-4-6-15/h2-12H,13H2,1H3,(H,21,23)(H,22,24). The molecule has 0 atom stereocenters. The smallest absolute Gasteiger partial charge is 0.266 e. The van der Waals surface area contributed by atoms with Gasteiger partial charge in [-0.1, -0.05) is 42.5 Å². The first-order valence-electron chi connectivity index (χ1n) is 7.91. The highest BCUT2D eigenvalue weighted by Gasteiger charge is 2.14. The van der Waals surface area contributed by atoms with Crippen molar-refractivity contribution in [3.8, 4) is 11.1 Å². The Morgan fingerprint density at radius 3 is 2.36 bits per heavy atom. The largest absolute Gasteiger partial charge is 0.359 e. The third-order valence-corrected chi connectivity index (χ3v) is 4.72. The van der Waals surface area contributed by atoms with Crippen LogP contribution >= 0.6 is 11.3 Å². The van der Waals surface area contributed by atoms with E-state index in [1.54, 1.807) is 7.05 Å². The van der Waals surface area contributed by atoms with Crippen LogP contribution in [0, 0.1) is 0 Å². The Morgan fingerprint density at radius 2 is 1.68 bits per heavy atom. The van der Waals surface area contributed by atoms with Gasteiger partial charge in [-0.2, -0.15) is 0 Å². The second-order valence-electron chi connectivity index (χ2n) is 5.53. The first-order chi connectivity index (χ1) is 12.2. The fourth-order valence-electron chi connectivity index (χ4n) is 2.50. The zero-order valence-corrected chi connectivity index (χ0v) is 14.6. The van der Waals surface area contributed by atoms with E-state index in [9.17, 15) is 9.59 Å². The molecule has 4 nitrogen and oxygen atoms in total. The summed E-state index contributed by atoms with van der Waals surface area (Å²) in [6.45, 7) is 0. The maximum atomic E-state index is 12.6. The molecule has 3 rings (SSSR count). The lowest BCUT2D eigenvalue weighted by atomic mass is 10.1. The Labute approximate surface area is 150 Å². The summed E-state index contributed by atoms with van der Waals surface area (Å²) in [5, 5.41) is 7.43. The topological polar surface area (TPSA) is 58.2 Å². The van der Waals surface area contributed by atoms with Crippen LogP contribution in [0.4, 0.5) is 5.69 Å². The van der Waals surface area contributed by atoms with E-state index in [0.29, 0.717) is 17.0 Å². The molecule has 1 aromatic heterocycles. The van der Waals surface area contributed by atoms with E-state index in [2.05, 4.69) is 10.6 Å². The maximum Gasteiger partial charge on any atom is 0.266 e. The van der Waals surface area contributed by atoms with Crippen LogP contribution in [0.1, 0.15) is 15.2 Å². The van der Waals surface area contributed by atoms with Crippen LogP contribution < -0.4 is 10.6 Å². The summed E-state index contributed by atoms with van der Waals surface area (Å²) in [6, 6.07) is 19.1. The molecule has 2 N–H and O–H groups in total. The molecule has 0 spiro atoms. The normalized spacial score (nSPS) is 10.3. The SMILES string of the molecule is CNC(=O)Cc1ccc(NC(=O)c2sccc2-c2ccccc2)cc1. The van der Waals surface area contributed by atoms with E-state index in [4.69, 9.17) is 0 Å². The molecule has 1 heterocycles. The molecule has 2 aromatic carbocycles. The van der Waals surface area contributed by atoms with Crippen LogP contribution in [-0.2, 0) is 11.2 Å². The average Bonchev–Trinajstić information content (AvgIpc) is 3.14. The third-order valence-electron chi connectivity index (χ3n) is 3.81. The van der Waals surface area contributed by atoms with Gasteiger partial charge < -0.3 is 10.6 Å². The number of thiophene rings is 1. The quantitative estimate of drug-likeness (QED) is 0.732. The summed E-state index contributed by atoms with van der Waals surface area (Å²) in [4.78, 5) is 24.7. The summed E-state index contributed by atoms with van der Waals surface area (Å²) in [5.74, 6) is -0.171. The van der Waals surface area contributed by atoms with E-state index in [1.165, 1.54) is 11.3 Å². The van der Waals surface area contributed by atoms with Crippen LogP contribution in [0.5, 0.6) is 0 Å². The Bertz CT molecular complexity index is 870. The van der Waals surface area contributed by atoms with E-state index in [0.717, 1.165) is 16.7 Å². The van der Waals surface area contributed by atoms with Crippen LogP contribution in [-0.4, -0.2) is 18.9 Å². The number of benzene rings is 2. The average molecular weight is 350 g/mol. The number of carbonyl (C=O) groups is 2. The number of hydrogen-bond acceptors (Lipinski definition) is 3. The minimum absolute atomic E-state index is 0.0390. The lowest BCUT2D eigenvalue weighted by Gasteiger charge is -2.07. The van der Waals surface area contributed by atoms with Crippen LogP contribution in [0.15, 0.2) is 66.0 Å². The Morgan fingerprint density at radius 1 is 0.960 bits per heavy atom. The highest BCUT2D eigenvalue weighted by atomic mass is 32.1. The third kappa shape index (κ3) is 4.14. The van der Waals surface area contributed by atoms with Gasteiger partial charge in [0.15, 0.2) is 0 Å². The molecule has 0 saturated heterocycles. The lowest BCUT2D eigenvalue weighted by molar-refractivity contribution is -0.119. The highest BCUT2D eigenvalue weighted by Crippen LogP contribution is 2.28. The number of nitrogens with one attached hydrogen (secondary N) is 2. The molecule has 5 heteroatoms. The number of anilines is 1. The molecule has 0 fully saturated rings. The zero-order chi connectivity index (χ0) is 17.6. The zero-order valence-electron chi connectivity index (χ0n) is 13.8. The van der Waals surface area contributed by atoms with Crippen molar-refractivity contribution in [2.75, 3.05) is 12.4 Å².